The van der Waals surface area contributed by atoms with Crippen molar-refractivity contribution in [2.75, 3.05) is 11.1 Å². The molecule has 0 radical (unpaired) electrons. The lowest BCUT2D eigenvalue weighted by molar-refractivity contribution is -0.141. The third-order valence-corrected chi connectivity index (χ3v) is 5.74. The molecule has 3 rings (SSSR count). The van der Waals surface area contributed by atoms with Crippen molar-refractivity contribution in [1.29, 1.82) is 0 Å². The van der Waals surface area contributed by atoms with Crippen molar-refractivity contribution in [1.82, 2.24) is 9.55 Å². The van der Waals surface area contributed by atoms with Crippen molar-refractivity contribution in [3.05, 3.63) is 65.9 Å². The van der Waals surface area contributed by atoms with Crippen LogP contribution < -0.4 is 5.32 Å². The molecule has 1 N–H and O–H groups in total. The van der Waals surface area contributed by atoms with E-state index in [1.54, 1.807) is 30.3 Å². The second-order valence-electron chi connectivity index (χ2n) is 7.52. The summed E-state index contributed by atoms with van der Waals surface area (Å²) in [7, 11) is 0. The molecule has 0 spiro atoms. The van der Waals surface area contributed by atoms with Crippen molar-refractivity contribution in [3.63, 3.8) is 0 Å². The summed E-state index contributed by atoms with van der Waals surface area (Å²) in [6.07, 6.45) is -2.99. The molecule has 0 fully saturated rings. The smallest absolute Gasteiger partial charge is 0.325 e. The Labute approximate surface area is 183 Å². The monoisotopic (exact) mass is 447 g/mol. The molecule has 8 heteroatoms. The zero-order valence-electron chi connectivity index (χ0n) is 17.5. The molecule has 1 amide bonds. The SMILES string of the molecule is Cc1cccc(C(C)C)c1NC(=O)CSc1ncc(-c2ccccc2)n1CC(F)(F)F. The van der Waals surface area contributed by atoms with Crippen LogP contribution in [0.15, 0.2) is 59.9 Å². The van der Waals surface area contributed by atoms with Crippen LogP contribution in [0.1, 0.15) is 30.9 Å². The number of para-hydroxylation sites is 1. The topological polar surface area (TPSA) is 46.9 Å². The van der Waals surface area contributed by atoms with Gasteiger partial charge in [-0.1, -0.05) is 74.1 Å². The molecule has 31 heavy (non-hydrogen) atoms. The lowest BCUT2D eigenvalue weighted by Crippen LogP contribution is -2.20. The van der Waals surface area contributed by atoms with E-state index in [9.17, 15) is 18.0 Å². The van der Waals surface area contributed by atoms with Crippen LogP contribution in [0.3, 0.4) is 0 Å². The Bertz CT molecular complexity index is 1050. The highest BCUT2D eigenvalue weighted by Gasteiger charge is 2.31. The molecule has 3 aromatic rings. The Balaban J connectivity index is 1.79. The number of anilines is 1. The Morgan fingerprint density at radius 3 is 2.48 bits per heavy atom. The molecular weight excluding hydrogens is 423 g/mol. The van der Waals surface area contributed by atoms with Crippen molar-refractivity contribution in [2.24, 2.45) is 0 Å². The van der Waals surface area contributed by atoms with Crippen LogP contribution in [0, 0.1) is 6.92 Å². The highest BCUT2D eigenvalue weighted by molar-refractivity contribution is 7.99. The van der Waals surface area contributed by atoms with Crippen molar-refractivity contribution in [2.45, 2.75) is 44.6 Å². The molecule has 1 aromatic heterocycles. The van der Waals surface area contributed by atoms with Crippen LogP contribution in [0.4, 0.5) is 18.9 Å². The quantitative estimate of drug-likeness (QED) is 0.434. The van der Waals surface area contributed by atoms with E-state index in [-0.39, 0.29) is 22.7 Å². The van der Waals surface area contributed by atoms with Crippen molar-refractivity contribution in [3.8, 4) is 11.3 Å². The van der Waals surface area contributed by atoms with E-state index in [0.29, 0.717) is 11.3 Å². The normalized spacial score (nSPS) is 11.7. The third kappa shape index (κ3) is 5.91. The Hall–Kier alpha value is -2.74. The number of hydrogen-bond acceptors (Lipinski definition) is 3. The minimum absolute atomic E-state index is 0.0467. The van der Waals surface area contributed by atoms with E-state index in [0.717, 1.165) is 33.1 Å². The number of carbonyl (C=O) groups is 1. The standard InChI is InChI=1S/C23H24F3N3OS/c1-15(2)18-11-7-8-16(3)21(18)28-20(30)13-31-22-27-12-19(17-9-5-4-6-10-17)29(22)14-23(24,25)26/h4-12,15H,13-14H2,1-3H3,(H,28,30). The molecule has 2 aromatic carbocycles. The lowest BCUT2D eigenvalue weighted by Gasteiger charge is -2.17. The van der Waals surface area contributed by atoms with Crippen LogP contribution >= 0.6 is 11.8 Å². The fourth-order valence-electron chi connectivity index (χ4n) is 3.29. The molecule has 4 nitrogen and oxygen atoms in total. The summed E-state index contributed by atoms with van der Waals surface area (Å²) in [6.45, 7) is 4.82. The molecule has 1 heterocycles. The van der Waals surface area contributed by atoms with Gasteiger partial charge in [0.1, 0.15) is 6.54 Å². The van der Waals surface area contributed by atoms with E-state index >= 15 is 0 Å². The van der Waals surface area contributed by atoms with Gasteiger partial charge in [-0.05, 0) is 29.5 Å². The summed E-state index contributed by atoms with van der Waals surface area (Å²) < 4.78 is 40.7. The first kappa shape index (κ1) is 22.9. The fourth-order valence-corrected chi connectivity index (χ4v) is 4.07. The van der Waals surface area contributed by atoms with E-state index in [2.05, 4.69) is 10.3 Å². The van der Waals surface area contributed by atoms with E-state index < -0.39 is 12.7 Å². The first-order chi connectivity index (χ1) is 14.7. The van der Waals surface area contributed by atoms with Gasteiger partial charge in [0.15, 0.2) is 5.16 Å². The number of carbonyl (C=O) groups excluding carboxylic acids is 1. The average Bonchev–Trinajstić information content (AvgIpc) is 3.09. The van der Waals surface area contributed by atoms with Gasteiger partial charge in [0.2, 0.25) is 5.91 Å². The summed E-state index contributed by atoms with van der Waals surface area (Å²) in [5, 5.41) is 3.07. The number of imidazole rings is 1. The summed E-state index contributed by atoms with van der Waals surface area (Å²) in [5.74, 6) is -0.111. The Kier molecular flexibility index (Phi) is 7.10. The van der Waals surface area contributed by atoms with E-state index in [1.165, 1.54) is 6.20 Å². The molecule has 0 aliphatic heterocycles. The van der Waals surface area contributed by atoms with Crippen LogP contribution in [0.25, 0.3) is 11.3 Å². The third-order valence-electron chi connectivity index (χ3n) is 4.75. The van der Waals surface area contributed by atoms with Crippen LogP contribution in [0.5, 0.6) is 0 Å². The molecule has 0 unspecified atom stereocenters. The predicted molar refractivity (Wildman–Crippen MR) is 118 cm³/mol. The van der Waals surface area contributed by atoms with E-state index in [1.807, 2.05) is 39.0 Å². The van der Waals surface area contributed by atoms with Gasteiger partial charge >= 0.3 is 6.18 Å². The van der Waals surface area contributed by atoms with Crippen molar-refractivity contribution >= 4 is 23.4 Å². The number of nitrogens with zero attached hydrogens (tertiary/aromatic N) is 2. The van der Waals surface area contributed by atoms with Gasteiger partial charge in [0.05, 0.1) is 17.6 Å². The lowest BCUT2D eigenvalue weighted by atomic mass is 9.98. The maximum atomic E-state index is 13.2. The summed E-state index contributed by atoms with van der Waals surface area (Å²) >= 11 is 0.991. The van der Waals surface area contributed by atoms with Crippen LogP contribution in [-0.2, 0) is 11.3 Å². The van der Waals surface area contributed by atoms with Gasteiger partial charge in [0, 0.05) is 5.69 Å². The number of thioether (sulfide) groups is 1. The first-order valence-corrected chi connectivity index (χ1v) is 10.8. The largest absolute Gasteiger partial charge is 0.406 e. The number of aromatic nitrogens is 2. The number of benzene rings is 2. The van der Waals surface area contributed by atoms with Gasteiger partial charge in [-0.3, -0.25) is 4.79 Å². The molecule has 164 valence electrons. The zero-order chi connectivity index (χ0) is 22.6. The van der Waals surface area contributed by atoms with Crippen LogP contribution in [-0.4, -0.2) is 27.4 Å². The summed E-state index contributed by atoms with van der Waals surface area (Å²) in [4.78, 5) is 16.8. The zero-order valence-corrected chi connectivity index (χ0v) is 18.3. The maximum absolute atomic E-state index is 13.2. The fraction of sp³-hybridized carbons (Fsp3) is 0.304. The number of alkyl halides is 3. The predicted octanol–water partition coefficient (Wildman–Crippen LogP) is 6.28. The number of rotatable bonds is 7. The maximum Gasteiger partial charge on any atom is 0.406 e. The number of hydrogen-bond donors (Lipinski definition) is 1. The molecule has 0 bridgehead atoms. The molecule has 0 saturated heterocycles. The summed E-state index contributed by atoms with van der Waals surface area (Å²) in [5.41, 5.74) is 3.71. The molecule has 0 saturated carbocycles. The number of amides is 1. The van der Waals surface area contributed by atoms with Gasteiger partial charge in [-0.2, -0.15) is 13.2 Å². The highest BCUT2D eigenvalue weighted by atomic mass is 32.2. The molecule has 0 aliphatic carbocycles. The van der Waals surface area contributed by atoms with Gasteiger partial charge in [-0.15, -0.1) is 0 Å². The van der Waals surface area contributed by atoms with Gasteiger partial charge in [-0.25, -0.2) is 4.98 Å². The second-order valence-corrected chi connectivity index (χ2v) is 8.47. The minimum atomic E-state index is -4.41. The van der Waals surface area contributed by atoms with Gasteiger partial charge < -0.3 is 9.88 Å². The minimum Gasteiger partial charge on any atom is -0.325 e. The second kappa shape index (κ2) is 9.60. The van der Waals surface area contributed by atoms with E-state index in [4.69, 9.17) is 0 Å². The van der Waals surface area contributed by atoms with Crippen LogP contribution in [0.2, 0.25) is 0 Å². The van der Waals surface area contributed by atoms with Crippen molar-refractivity contribution < 1.29 is 18.0 Å². The number of aryl methyl sites for hydroxylation is 1. The number of nitrogens with one attached hydrogen (secondary N) is 1. The molecule has 0 atom stereocenters. The molecule has 0 aliphatic rings. The van der Waals surface area contributed by atoms with Gasteiger partial charge in [0.25, 0.3) is 0 Å². The average molecular weight is 448 g/mol. The molecular formula is C23H24F3N3OS. The Morgan fingerprint density at radius 1 is 1.13 bits per heavy atom. The summed E-state index contributed by atoms with van der Waals surface area (Å²) in [6, 6.07) is 14.6. The Morgan fingerprint density at radius 2 is 1.84 bits per heavy atom. The first-order valence-electron chi connectivity index (χ1n) is 9.85. The number of halogens is 3. The highest BCUT2D eigenvalue weighted by Crippen LogP contribution is 2.31.